The van der Waals surface area contributed by atoms with Crippen molar-refractivity contribution >= 4 is 5.91 Å². The van der Waals surface area contributed by atoms with E-state index in [-0.39, 0.29) is 25.4 Å². The van der Waals surface area contributed by atoms with Crippen LogP contribution in [0.5, 0.6) is 0 Å². The van der Waals surface area contributed by atoms with Crippen LogP contribution in [-0.2, 0) is 4.79 Å². The summed E-state index contributed by atoms with van der Waals surface area (Å²) in [5, 5.41) is 0. The molecule has 1 aliphatic heterocycles. The molecule has 0 aromatic carbocycles. The van der Waals surface area contributed by atoms with E-state index in [0.29, 0.717) is 19.0 Å². The number of carbonyl (C=O) groups excluding carboxylic acids is 1. The molecule has 3 nitrogen and oxygen atoms in total. The Morgan fingerprint density at radius 3 is 2.43 bits per heavy atom. The van der Waals surface area contributed by atoms with Crippen LogP contribution in [0.25, 0.3) is 0 Å². The minimum absolute atomic E-state index is 0.145. The van der Waals surface area contributed by atoms with E-state index in [0.717, 1.165) is 12.8 Å². The van der Waals surface area contributed by atoms with E-state index >= 15 is 0 Å². The van der Waals surface area contributed by atoms with Gasteiger partial charge in [0.1, 0.15) is 0 Å². The summed E-state index contributed by atoms with van der Waals surface area (Å²) in [6.07, 6.45) is 2.21. The third-order valence-corrected chi connectivity index (χ3v) is 4.82. The predicted octanol–water partition coefficient (Wildman–Crippen LogP) is 3.05. The molecular weight excluding hydrogens is 281 g/mol. The third kappa shape index (κ3) is 4.59. The van der Waals surface area contributed by atoms with Gasteiger partial charge in [0.15, 0.2) is 0 Å². The summed E-state index contributed by atoms with van der Waals surface area (Å²) >= 11 is 0. The highest BCUT2D eigenvalue weighted by Gasteiger charge is 2.42. The molecule has 0 spiro atoms. The number of alkyl halides is 3. The highest BCUT2D eigenvalue weighted by molar-refractivity contribution is 5.78. The van der Waals surface area contributed by atoms with Crippen LogP contribution in [0.3, 0.4) is 0 Å². The van der Waals surface area contributed by atoms with Crippen LogP contribution in [0.1, 0.15) is 44.9 Å². The van der Waals surface area contributed by atoms with Crippen molar-refractivity contribution in [1.29, 1.82) is 0 Å². The lowest BCUT2D eigenvalue weighted by Crippen LogP contribution is -2.49. The summed E-state index contributed by atoms with van der Waals surface area (Å²) < 4.78 is 38.3. The Hall–Kier alpha value is -0.780. The molecule has 1 aliphatic carbocycles. The molecule has 122 valence electrons. The van der Waals surface area contributed by atoms with E-state index < -0.39 is 12.1 Å². The number of hydrogen-bond donors (Lipinski definition) is 0. The number of amides is 1. The zero-order valence-corrected chi connectivity index (χ0v) is 12.7. The molecule has 1 amide bonds. The van der Waals surface area contributed by atoms with Gasteiger partial charge in [-0.05, 0) is 32.7 Å². The summed E-state index contributed by atoms with van der Waals surface area (Å²) in [5.41, 5.74) is 0. The predicted molar refractivity (Wildman–Crippen MR) is 74.9 cm³/mol. The second-order valence-electron chi connectivity index (χ2n) is 6.43. The number of likely N-dealkylation sites (N-methyl/N-ethyl adjacent to an activating group) is 1. The molecule has 0 N–H and O–H groups in total. The molecule has 1 heterocycles. The number of likely N-dealkylation sites (tertiary alicyclic amines) is 1. The molecule has 1 atom stereocenters. The normalized spacial score (nSPS) is 25.4. The molecule has 2 aliphatic rings. The van der Waals surface area contributed by atoms with E-state index in [2.05, 4.69) is 0 Å². The fourth-order valence-electron chi connectivity index (χ4n) is 3.44. The second kappa shape index (κ2) is 6.99. The lowest BCUT2D eigenvalue weighted by Gasteiger charge is -2.36. The first-order valence-corrected chi connectivity index (χ1v) is 7.92. The lowest BCUT2D eigenvalue weighted by atomic mass is 9.94. The van der Waals surface area contributed by atoms with Crippen LogP contribution in [0.15, 0.2) is 0 Å². The van der Waals surface area contributed by atoms with Crippen molar-refractivity contribution in [2.45, 2.75) is 57.2 Å². The fourth-order valence-corrected chi connectivity index (χ4v) is 3.44. The van der Waals surface area contributed by atoms with E-state index in [9.17, 15) is 18.0 Å². The zero-order chi connectivity index (χ0) is 15.5. The topological polar surface area (TPSA) is 23.6 Å². The minimum Gasteiger partial charge on any atom is -0.341 e. The maximum absolute atomic E-state index is 12.8. The molecular formula is C15H25F3N2O. The van der Waals surface area contributed by atoms with Gasteiger partial charge in [-0.25, -0.2) is 0 Å². The van der Waals surface area contributed by atoms with Gasteiger partial charge in [0.25, 0.3) is 0 Å². The van der Waals surface area contributed by atoms with E-state index in [1.165, 1.54) is 24.2 Å². The summed E-state index contributed by atoms with van der Waals surface area (Å²) in [5.74, 6) is -1.51. The first kappa shape index (κ1) is 16.6. The molecule has 2 fully saturated rings. The standard InChI is InChI=1S/C15H25F3N2O/c1-19(13-7-3-2-4-8-13)11-14(21)20-9-5-6-12(10-20)15(16,17)18/h12-13H,2-11H2,1H3. The van der Waals surface area contributed by atoms with Crippen molar-refractivity contribution < 1.29 is 18.0 Å². The Kier molecular flexibility index (Phi) is 5.52. The molecule has 1 saturated carbocycles. The smallest absolute Gasteiger partial charge is 0.341 e. The minimum atomic E-state index is -4.19. The van der Waals surface area contributed by atoms with Crippen molar-refractivity contribution in [2.24, 2.45) is 5.92 Å². The van der Waals surface area contributed by atoms with Crippen LogP contribution in [0.2, 0.25) is 0 Å². The molecule has 1 saturated heterocycles. The average molecular weight is 306 g/mol. The van der Waals surface area contributed by atoms with E-state index in [1.54, 1.807) is 0 Å². The van der Waals surface area contributed by atoms with E-state index in [1.807, 2.05) is 11.9 Å². The van der Waals surface area contributed by atoms with Crippen LogP contribution in [-0.4, -0.2) is 54.6 Å². The third-order valence-electron chi connectivity index (χ3n) is 4.82. The van der Waals surface area contributed by atoms with Gasteiger partial charge in [-0.1, -0.05) is 19.3 Å². The highest BCUT2D eigenvalue weighted by Crippen LogP contribution is 2.33. The lowest BCUT2D eigenvalue weighted by molar-refractivity contribution is -0.188. The van der Waals surface area contributed by atoms with Crippen molar-refractivity contribution in [3.05, 3.63) is 0 Å². The van der Waals surface area contributed by atoms with Crippen molar-refractivity contribution in [2.75, 3.05) is 26.7 Å². The van der Waals surface area contributed by atoms with Gasteiger partial charge in [-0.2, -0.15) is 13.2 Å². The molecule has 0 aromatic rings. The van der Waals surface area contributed by atoms with Crippen molar-refractivity contribution in [3.8, 4) is 0 Å². The average Bonchev–Trinajstić information content (AvgIpc) is 2.47. The molecule has 21 heavy (non-hydrogen) atoms. The van der Waals surface area contributed by atoms with Gasteiger partial charge in [-0.3, -0.25) is 9.69 Å². The largest absolute Gasteiger partial charge is 0.393 e. The van der Waals surface area contributed by atoms with Crippen molar-refractivity contribution in [3.63, 3.8) is 0 Å². The summed E-state index contributed by atoms with van der Waals surface area (Å²) in [7, 11) is 1.92. The number of hydrogen-bond acceptors (Lipinski definition) is 2. The van der Waals surface area contributed by atoms with Crippen LogP contribution < -0.4 is 0 Å². The highest BCUT2D eigenvalue weighted by atomic mass is 19.4. The first-order chi connectivity index (χ1) is 9.88. The number of nitrogens with zero attached hydrogens (tertiary/aromatic N) is 2. The molecule has 2 rings (SSSR count). The van der Waals surface area contributed by atoms with Gasteiger partial charge in [-0.15, -0.1) is 0 Å². The molecule has 1 unspecified atom stereocenters. The fraction of sp³-hybridized carbons (Fsp3) is 0.933. The Morgan fingerprint density at radius 1 is 1.14 bits per heavy atom. The monoisotopic (exact) mass is 306 g/mol. The number of halogens is 3. The summed E-state index contributed by atoms with van der Waals surface area (Å²) in [6, 6.07) is 0.408. The van der Waals surface area contributed by atoms with Crippen LogP contribution >= 0.6 is 0 Å². The van der Waals surface area contributed by atoms with Crippen LogP contribution in [0.4, 0.5) is 13.2 Å². The number of piperidine rings is 1. The molecule has 0 aromatic heterocycles. The summed E-state index contributed by atoms with van der Waals surface area (Å²) in [6.45, 7) is 0.542. The second-order valence-corrected chi connectivity index (χ2v) is 6.43. The van der Waals surface area contributed by atoms with E-state index in [4.69, 9.17) is 0 Å². The molecule has 0 bridgehead atoms. The van der Waals surface area contributed by atoms with Crippen LogP contribution in [0, 0.1) is 5.92 Å². The zero-order valence-electron chi connectivity index (χ0n) is 12.7. The number of rotatable bonds is 3. The Balaban J connectivity index is 1.84. The quantitative estimate of drug-likeness (QED) is 0.800. The maximum atomic E-state index is 12.8. The molecule has 0 radical (unpaired) electrons. The van der Waals surface area contributed by atoms with Gasteiger partial charge in [0.05, 0.1) is 12.5 Å². The Labute approximate surface area is 124 Å². The SMILES string of the molecule is CN(CC(=O)N1CCCC(C(F)(F)F)C1)C1CCCCC1. The maximum Gasteiger partial charge on any atom is 0.393 e. The first-order valence-electron chi connectivity index (χ1n) is 7.92. The van der Waals surface area contributed by atoms with Gasteiger partial charge in [0, 0.05) is 19.1 Å². The number of carbonyl (C=O) groups is 1. The van der Waals surface area contributed by atoms with Gasteiger partial charge in [0.2, 0.25) is 5.91 Å². The van der Waals surface area contributed by atoms with Crippen molar-refractivity contribution in [1.82, 2.24) is 9.80 Å². The summed E-state index contributed by atoms with van der Waals surface area (Å²) in [4.78, 5) is 15.7. The van der Waals surface area contributed by atoms with Gasteiger partial charge < -0.3 is 4.90 Å². The molecule has 6 heteroatoms. The Morgan fingerprint density at radius 2 is 1.81 bits per heavy atom. The Bertz CT molecular complexity index is 353. The van der Waals surface area contributed by atoms with Gasteiger partial charge >= 0.3 is 6.18 Å².